The number of rotatable bonds is 4. The monoisotopic (exact) mass is 577 g/mol. The summed E-state index contributed by atoms with van der Waals surface area (Å²) in [5, 5.41) is 10.5. The van der Waals surface area contributed by atoms with Crippen LogP contribution in [0.15, 0.2) is 164 Å². The number of benzene rings is 8. The molecular weight excluding hydrogens is 551 g/mol. The largest absolute Gasteiger partial charge is 0.310 e. The first-order valence-electron chi connectivity index (χ1n) is 15.0. The van der Waals surface area contributed by atoms with E-state index >= 15 is 0 Å². The van der Waals surface area contributed by atoms with Crippen molar-refractivity contribution in [3.8, 4) is 11.1 Å². The second kappa shape index (κ2) is 10.1. The van der Waals surface area contributed by atoms with Gasteiger partial charge in [0, 0.05) is 37.2 Å². The van der Waals surface area contributed by atoms with Crippen LogP contribution in [-0.4, -0.2) is 0 Å². The molecule has 2 heteroatoms. The van der Waals surface area contributed by atoms with Crippen LogP contribution in [0.4, 0.5) is 17.1 Å². The Morgan fingerprint density at radius 2 is 0.977 bits per heavy atom. The van der Waals surface area contributed by atoms with Crippen LogP contribution in [0, 0.1) is 0 Å². The third-order valence-electron chi connectivity index (χ3n) is 8.80. The summed E-state index contributed by atoms with van der Waals surface area (Å²) < 4.78 is 2.69. The Bertz CT molecular complexity index is 2490. The lowest BCUT2D eigenvalue weighted by atomic mass is 9.94. The zero-order chi connectivity index (χ0) is 29.0. The van der Waals surface area contributed by atoms with Gasteiger partial charge in [-0.1, -0.05) is 115 Å². The summed E-state index contributed by atoms with van der Waals surface area (Å²) in [4.78, 5) is 2.36. The minimum absolute atomic E-state index is 1.13. The van der Waals surface area contributed by atoms with Gasteiger partial charge in [-0.15, -0.1) is 11.3 Å². The Kier molecular flexibility index (Phi) is 5.75. The SMILES string of the molecule is c1ccc(-c2cccc(N(c3ccccc3)c3ccc4c(ccc5ccc6c(ccc7sc8ccccc8c76)c54)c3)c2)cc1. The molecule has 0 aliphatic heterocycles. The topological polar surface area (TPSA) is 3.24 Å². The van der Waals surface area contributed by atoms with Crippen molar-refractivity contribution in [2.45, 2.75) is 0 Å². The summed E-state index contributed by atoms with van der Waals surface area (Å²) in [7, 11) is 0. The lowest BCUT2D eigenvalue weighted by Crippen LogP contribution is -2.09. The van der Waals surface area contributed by atoms with Crippen molar-refractivity contribution < 1.29 is 0 Å². The maximum Gasteiger partial charge on any atom is 0.0468 e. The van der Waals surface area contributed by atoms with Crippen molar-refractivity contribution in [3.63, 3.8) is 0 Å². The zero-order valence-electron chi connectivity index (χ0n) is 23.9. The number of hydrogen-bond donors (Lipinski definition) is 0. The molecule has 1 nitrogen and oxygen atoms in total. The van der Waals surface area contributed by atoms with Crippen LogP contribution in [0.25, 0.3) is 63.6 Å². The average molecular weight is 578 g/mol. The van der Waals surface area contributed by atoms with E-state index in [2.05, 4.69) is 169 Å². The van der Waals surface area contributed by atoms with Gasteiger partial charge in [-0.05, 0) is 92.0 Å². The van der Waals surface area contributed by atoms with Crippen molar-refractivity contribution in [1.29, 1.82) is 0 Å². The van der Waals surface area contributed by atoms with E-state index in [0.29, 0.717) is 0 Å². The fourth-order valence-electron chi connectivity index (χ4n) is 6.80. The van der Waals surface area contributed by atoms with Gasteiger partial charge in [-0.2, -0.15) is 0 Å². The van der Waals surface area contributed by atoms with Gasteiger partial charge < -0.3 is 4.90 Å². The molecule has 0 aliphatic carbocycles. The summed E-state index contributed by atoms with van der Waals surface area (Å²) in [5.41, 5.74) is 5.82. The van der Waals surface area contributed by atoms with Gasteiger partial charge >= 0.3 is 0 Å². The molecule has 0 unspecified atom stereocenters. The second-order valence-corrected chi connectivity index (χ2v) is 12.4. The van der Waals surface area contributed by atoms with E-state index in [4.69, 9.17) is 0 Å². The minimum Gasteiger partial charge on any atom is -0.310 e. The molecule has 0 N–H and O–H groups in total. The molecule has 9 rings (SSSR count). The number of para-hydroxylation sites is 1. The lowest BCUT2D eigenvalue weighted by Gasteiger charge is -2.26. The Morgan fingerprint density at radius 3 is 1.86 bits per heavy atom. The molecule has 8 aromatic carbocycles. The Balaban J connectivity index is 1.26. The predicted molar refractivity (Wildman–Crippen MR) is 192 cm³/mol. The second-order valence-electron chi connectivity index (χ2n) is 11.4. The van der Waals surface area contributed by atoms with Crippen LogP contribution >= 0.6 is 11.3 Å². The van der Waals surface area contributed by atoms with Crippen LogP contribution < -0.4 is 4.90 Å². The smallest absolute Gasteiger partial charge is 0.0468 e. The molecule has 0 saturated heterocycles. The number of fused-ring (bicyclic) bond motifs is 9. The lowest BCUT2D eigenvalue weighted by molar-refractivity contribution is 1.29. The molecule has 0 spiro atoms. The fourth-order valence-corrected chi connectivity index (χ4v) is 7.92. The van der Waals surface area contributed by atoms with Gasteiger partial charge in [0.2, 0.25) is 0 Å². The maximum atomic E-state index is 2.36. The van der Waals surface area contributed by atoms with Gasteiger partial charge in [-0.25, -0.2) is 0 Å². The molecule has 0 aliphatic rings. The fraction of sp³-hybridized carbons (Fsp3) is 0. The van der Waals surface area contributed by atoms with E-state index in [1.54, 1.807) is 0 Å². The van der Waals surface area contributed by atoms with Gasteiger partial charge in [-0.3, -0.25) is 0 Å². The third kappa shape index (κ3) is 4.00. The molecule has 0 saturated carbocycles. The van der Waals surface area contributed by atoms with Crippen LogP contribution in [0.3, 0.4) is 0 Å². The molecule has 0 radical (unpaired) electrons. The quantitative estimate of drug-likeness (QED) is 0.188. The summed E-state index contributed by atoms with van der Waals surface area (Å²) in [5.74, 6) is 0. The first-order chi connectivity index (χ1) is 21.8. The van der Waals surface area contributed by atoms with Crippen molar-refractivity contribution in [3.05, 3.63) is 164 Å². The Labute approximate surface area is 259 Å². The molecule has 0 amide bonds. The highest BCUT2D eigenvalue weighted by Gasteiger charge is 2.16. The summed E-state index contributed by atoms with van der Waals surface area (Å²) >= 11 is 1.88. The minimum atomic E-state index is 1.13. The summed E-state index contributed by atoms with van der Waals surface area (Å²) in [6, 6.07) is 59.6. The standard InChI is InChI=1S/C42H27NS/c1-3-10-28(11-4-1)30-12-9-15-33(26-30)43(32-13-5-2-6-14-32)34-21-23-35-31(27-34)19-18-29-20-22-37-36(41(29)35)24-25-40-42(37)38-16-7-8-17-39(38)44-40/h1-27H. The van der Waals surface area contributed by atoms with Crippen molar-refractivity contribution in [2.24, 2.45) is 0 Å². The van der Waals surface area contributed by atoms with Gasteiger partial charge in [0.25, 0.3) is 0 Å². The third-order valence-corrected chi connectivity index (χ3v) is 9.94. The van der Waals surface area contributed by atoms with E-state index in [1.165, 1.54) is 63.6 Å². The molecule has 9 aromatic rings. The van der Waals surface area contributed by atoms with Gasteiger partial charge in [0.15, 0.2) is 0 Å². The normalized spacial score (nSPS) is 11.6. The van der Waals surface area contributed by atoms with Crippen molar-refractivity contribution >= 4 is 80.9 Å². The molecule has 44 heavy (non-hydrogen) atoms. The van der Waals surface area contributed by atoms with Crippen LogP contribution in [0.1, 0.15) is 0 Å². The molecule has 0 bridgehead atoms. The van der Waals surface area contributed by atoms with E-state index < -0.39 is 0 Å². The Hall–Kier alpha value is -5.44. The maximum absolute atomic E-state index is 2.36. The molecule has 0 fully saturated rings. The number of hydrogen-bond acceptors (Lipinski definition) is 2. The van der Waals surface area contributed by atoms with Gasteiger partial charge in [0.05, 0.1) is 0 Å². The highest BCUT2D eigenvalue weighted by Crippen LogP contribution is 2.43. The van der Waals surface area contributed by atoms with Crippen molar-refractivity contribution in [2.75, 3.05) is 4.90 Å². The highest BCUT2D eigenvalue weighted by molar-refractivity contribution is 7.26. The number of thiophene rings is 1. The number of anilines is 3. The van der Waals surface area contributed by atoms with Crippen molar-refractivity contribution in [1.82, 2.24) is 0 Å². The molecule has 206 valence electrons. The zero-order valence-corrected chi connectivity index (χ0v) is 24.8. The molecular formula is C42H27NS. The Morgan fingerprint density at radius 1 is 0.341 bits per heavy atom. The van der Waals surface area contributed by atoms with E-state index in [0.717, 1.165) is 17.1 Å². The van der Waals surface area contributed by atoms with Gasteiger partial charge in [0.1, 0.15) is 0 Å². The summed E-state index contributed by atoms with van der Waals surface area (Å²) in [6.07, 6.45) is 0. The van der Waals surface area contributed by atoms with E-state index in [9.17, 15) is 0 Å². The van der Waals surface area contributed by atoms with E-state index in [1.807, 2.05) is 11.3 Å². The van der Waals surface area contributed by atoms with Crippen LogP contribution in [0.5, 0.6) is 0 Å². The van der Waals surface area contributed by atoms with Crippen LogP contribution in [-0.2, 0) is 0 Å². The predicted octanol–water partition coefficient (Wildman–Crippen LogP) is 12.7. The molecule has 1 heterocycles. The summed E-state index contributed by atoms with van der Waals surface area (Å²) in [6.45, 7) is 0. The van der Waals surface area contributed by atoms with E-state index in [-0.39, 0.29) is 0 Å². The average Bonchev–Trinajstić information content (AvgIpc) is 3.48. The van der Waals surface area contributed by atoms with Crippen LogP contribution in [0.2, 0.25) is 0 Å². The highest BCUT2D eigenvalue weighted by atomic mass is 32.1. The number of nitrogens with zero attached hydrogens (tertiary/aromatic N) is 1. The first-order valence-corrected chi connectivity index (χ1v) is 15.8. The first kappa shape index (κ1) is 25.1. The molecule has 1 aromatic heterocycles. The molecule has 0 atom stereocenters.